The minimum absolute atomic E-state index is 0.690. The molecule has 2 rings (SSSR count). The van der Waals surface area contributed by atoms with Crippen molar-refractivity contribution in [1.29, 1.82) is 0 Å². The number of hydrogen-bond donors (Lipinski definition) is 1. The van der Waals surface area contributed by atoms with Gasteiger partial charge in [-0.25, -0.2) is 0 Å². The van der Waals surface area contributed by atoms with Crippen LogP contribution in [0.4, 0.5) is 0 Å². The molecule has 0 saturated heterocycles. The molecule has 0 bridgehead atoms. The van der Waals surface area contributed by atoms with Crippen LogP contribution < -0.4 is 5.32 Å². The molecule has 1 fully saturated rings. The molecule has 0 unspecified atom stereocenters. The molecule has 78 valence electrons. The van der Waals surface area contributed by atoms with Crippen molar-refractivity contribution in [1.82, 2.24) is 15.5 Å². The number of nitrogens with one attached hydrogen (secondary N) is 1. The monoisotopic (exact) mass is 213 g/mol. The van der Waals surface area contributed by atoms with Gasteiger partial charge in [-0.05, 0) is 18.6 Å². The lowest BCUT2D eigenvalue weighted by Gasteiger charge is -1.94. The molecule has 1 aliphatic rings. The van der Waals surface area contributed by atoms with Crippen molar-refractivity contribution < 1.29 is 4.52 Å². The topological polar surface area (TPSA) is 51.0 Å². The highest BCUT2D eigenvalue weighted by molar-refractivity contribution is 7.98. The van der Waals surface area contributed by atoms with Crippen LogP contribution >= 0.6 is 11.8 Å². The fourth-order valence-electron chi connectivity index (χ4n) is 1.13. The molecule has 1 heterocycles. The predicted molar refractivity (Wildman–Crippen MR) is 56.0 cm³/mol. The van der Waals surface area contributed by atoms with E-state index in [0.717, 1.165) is 17.3 Å². The van der Waals surface area contributed by atoms with Crippen molar-refractivity contribution >= 4 is 11.8 Å². The van der Waals surface area contributed by atoms with Gasteiger partial charge >= 0.3 is 0 Å². The highest BCUT2D eigenvalue weighted by atomic mass is 32.2. The molecule has 0 radical (unpaired) electrons. The Balaban J connectivity index is 1.76. The van der Waals surface area contributed by atoms with Gasteiger partial charge < -0.3 is 9.84 Å². The van der Waals surface area contributed by atoms with Crippen molar-refractivity contribution in [3.8, 4) is 0 Å². The van der Waals surface area contributed by atoms with Gasteiger partial charge in [-0.15, -0.1) is 0 Å². The molecule has 0 spiro atoms. The van der Waals surface area contributed by atoms with Crippen LogP contribution in [0.2, 0.25) is 0 Å². The number of nitrogens with zero attached hydrogens (tertiary/aromatic N) is 2. The Morgan fingerprint density at radius 3 is 3.14 bits per heavy atom. The van der Waals surface area contributed by atoms with Gasteiger partial charge in [0.05, 0.1) is 12.3 Å². The third kappa shape index (κ3) is 2.99. The number of thioether (sulfide) groups is 1. The summed E-state index contributed by atoms with van der Waals surface area (Å²) in [6.07, 6.45) is 2.57. The fraction of sp³-hybridized carbons (Fsp3) is 0.778. The zero-order valence-corrected chi connectivity index (χ0v) is 9.14. The summed E-state index contributed by atoms with van der Waals surface area (Å²) in [6.45, 7) is 2.84. The van der Waals surface area contributed by atoms with Gasteiger partial charge in [0, 0.05) is 6.04 Å². The average Bonchev–Trinajstić information content (AvgIpc) is 2.92. The first kappa shape index (κ1) is 9.98. The van der Waals surface area contributed by atoms with E-state index in [4.69, 9.17) is 4.52 Å². The van der Waals surface area contributed by atoms with Crippen LogP contribution in [-0.4, -0.2) is 21.9 Å². The molecular formula is C9H15N3OS. The molecule has 0 aliphatic heterocycles. The van der Waals surface area contributed by atoms with Crippen LogP contribution in [0, 0.1) is 0 Å². The summed E-state index contributed by atoms with van der Waals surface area (Å²) in [6, 6.07) is 0.690. The van der Waals surface area contributed by atoms with E-state index in [9.17, 15) is 0 Å². The lowest BCUT2D eigenvalue weighted by atomic mass is 10.6. The lowest BCUT2D eigenvalue weighted by molar-refractivity contribution is 0.363. The summed E-state index contributed by atoms with van der Waals surface area (Å²) in [5.41, 5.74) is 0. The predicted octanol–water partition coefficient (Wildman–Crippen LogP) is 1.57. The van der Waals surface area contributed by atoms with Gasteiger partial charge in [-0.2, -0.15) is 16.7 Å². The van der Waals surface area contributed by atoms with Crippen LogP contribution in [0.3, 0.4) is 0 Å². The molecule has 1 aromatic rings. The first-order chi connectivity index (χ1) is 6.88. The van der Waals surface area contributed by atoms with Gasteiger partial charge in [0.2, 0.25) is 5.89 Å². The molecule has 4 nitrogen and oxygen atoms in total. The van der Waals surface area contributed by atoms with E-state index >= 15 is 0 Å². The molecule has 1 aliphatic carbocycles. The van der Waals surface area contributed by atoms with E-state index in [1.165, 1.54) is 12.8 Å². The molecule has 5 heteroatoms. The quantitative estimate of drug-likeness (QED) is 0.777. The van der Waals surface area contributed by atoms with E-state index in [-0.39, 0.29) is 0 Å². The Morgan fingerprint density at radius 1 is 1.57 bits per heavy atom. The molecule has 14 heavy (non-hydrogen) atoms. The Morgan fingerprint density at radius 2 is 2.43 bits per heavy atom. The van der Waals surface area contributed by atoms with Gasteiger partial charge in [-0.3, -0.25) is 0 Å². The average molecular weight is 213 g/mol. The molecule has 1 aromatic heterocycles. The Kier molecular flexibility index (Phi) is 3.42. The van der Waals surface area contributed by atoms with E-state index < -0.39 is 0 Å². The maximum Gasteiger partial charge on any atom is 0.240 e. The highest BCUT2D eigenvalue weighted by Gasteiger charge is 2.21. The van der Waals surface area contributed by atoms with Gasteiger partial charge in [0.25, 0.3) is 0 Å². The number of aromatic nitrogens is 2. The summed E-state index contributed by atoms with van der Waals surface area (Å²) in [4.78, 5) is 4.29. The third-order valence-corrected chi connectivity index (χ3v) is 2.94. The van der Waals surface area contributed by atoms with Gasteiger partial charge in [0.1, 0.15) is 0 Å². The maximum absolute atomic E-state index is 5.10. The van der Waals surface area contributed by atoms with Crippen LogP contribution in [0.5, 0.6) is 0 Å². The highest BCUT2D eigenvalue weighted by Crippen LogP contribution is 2.19. The summed E-state index contributed by atoms with van der Waals surface area (Å²) in [5, 5.41) is 7.24. The normalized spacial score (nSPS) is 16.1. The summed E-state index contributed by atoms with van der Waals surface area (Å²) in [5.74, 6) is 3.46. The van der Waals surface area contributed by atoms with Gasteiger partial charge in [-0.1, -0.05) is 12.1 Å². The molecule has 1 N–H and O–H groups in total. The minimum Gasteiger partial charge on any atom is -0.338 e. The zero-order valence-electron chi connectivity index (χ0n) is 8.32. The molecule has 0 atom stereocenters. The first-order valence-corrected chi connectivity index (χ1v) is 6.16. The SMILES string of the molecule is CCSCc1noc(CNC2CC2)n1. The Hall–Kier alpha value is -0.550. The molecule has 0 aromatic carbocycles. The molecule has 0 amide bonds. The van der Waals surface area contributed by atoms with Crippen molar-refractivity contribution in [2.75, 3.05) is 5.75 Å². The first-order valence-electron chi connectivity index (χ1n) is 5.01. The van der Waals surface area contributed by atoms with Crippen molar-refractivity contribution in [2.45, 2.75) is 38.1 Å². The van der Waals surface area contributed by atoms with Crippen molar-refractivity contribution in [2.24, 2.45) is 0 Å². The maximum atomic E-state index is 5.10. The van der Waals surface area contributed by atoms with Crippen molar-refractivity contribution in [3.05, 3.63) is 11.7 Å². The van der Waals surface area contributed by atoms with E-state index in [1.54, 1.807) is 11.8 Å². The van der Waals surface area contributed by atoms with Gasteiger partial charge in [0.15, 0.2) is 5.82 Å². The van der Waals surface area contributed by atoms with Crippen LogP contribution in [0.25, 0.3) is 0 Å². The van der Waals surface area contributed by atoms with Crippen molar-refractivity contribution in [3.63, 3.8) is 0 Å². The van der Waals surface area contributed by atoms with E-state index in [2.05, 4.69) is 22.4 Å². The largest absolute Gasteiger partial charge is 0.338 e. The summed E-state index contributed by atoms with van der Waals surface area (Å²) >= 11 is 1.81. The summed E-state index contributed by atoms with van der Waals surface area (Å²) in [7, 11) is 0. The van der Waals surface area contributed by atoms with Crippen LogP contribution in [-0.2, 0) is 12.3 Å². The summed E-state index contributed by atoms with van der Waals surface area (Å²) < 4.78 is 5.10. The second-order valence-electron chi connectivity index (χ2n) is 3.40. The number of rotatable bonds is 6. The zero-order chi connectivity index (χ0) is 9.80. The Bertz CT molecular complexity index is 285. The van der Waals surface area contributed by atoms with Crippen LogP contribution in [0.15, 0.2) is 4.52 Å². The Labute approximate surface area is 87.8 Å². The van der Waals surface area contributed by atoms with Crippen LogP contribution in [0.1, 0.15) is 31.5 Å². The second-order valence-corrected chi connectivity index (χ2v) is 4.67. The fourth-order valence-corrected chi connectivity index (χ4v) is 1.64. The second kappa shape index (κ2) is 4.79. The lowest BCUT2D eigenvalue weighted by Crippen LogP contribution is -2.15. The van der Waals surface area contributed by atoms with E-state index in [0.29, 0.717) is 18.5 Å². The third-order valence-electron chi connectivity index (χ3n) is 2.06. The standard InChI is InChI=1S/C9H15N3OS/c1-2-14-6-8-11-9(13-12-8)5-10-7-3-4-7/h7,10H,2-6H2,1H3. The number of hydrogen-bond acceptors (Lipinski definition) is 5. The van der Waals surface area contributed by atoms with E-state index in [1.807, 2.05) is 0 Å². The molecular weight excluding hydrogens is 198 g/mol. The minimum atomic E-state index is 0.690. The smallest absolute Gasteiger partial charge is 0.240 e. The molecule has 1 saturated carbocycles.